The topological polar surface area (TPSA) is 215 Å². The fourth-order valence-corrected chi connectivity index (χ4v) is 13.6. The van der Waals surface area contributed by atoms with E-state index in [1.54, 1.807) is 25.3 Å². The molecule has 0 atom stereocenters. The molecule has 15 rings (SSSR count). The Morgan fingerprint density at radius 1 is 0.411 bits per heavy atom. The lowest BCUT2D eigenvalue weighted by molar-refractivity contribution is 0.0610. The molecule has 462 valence electrons. The number of hydrogen-bond donors (Lipinski definition) is 3. The smallest absolute Gasteiger partial charge is 0.289 e. The highest BCUT2D eigenvalue weighted by Gasteiger charge is 2.47. The molecule has 6 N–H and O–H groups in total. The highest BCUT2D eigenvalue weighted by atomic mass is 16.5. The number of fused-ring (bicyclic) bond motifs is 6. The van der Waals surface area contributed by atoms with Crippen molar-refractivity contribution in [3.05, 3.63) is 226 Å². The third-order valence-electron chi connectivity index (χ3n) is 19.3. The maximum Gasteiger partial charge on any atom is 0.289 e. The van der Waals surface area contributed by atoms with Crippen LogP contribution in [-0.4, -0.2) is 98.6 Å². The molecule has 3 spiro atoms. The van der Waals surface area contributed by atoms with Crippen molar-refractivity contribution in [1.82, 2.24) is 14.7 Å². The quantitative estimate of drug-likeness (QED) is 0.116. The van der Waals surface area contributed by atoms with Crippen molar-refractivity contribution >= 4 is 17.7 Å². The average molecular weight is 1210 g/mol. The summed E-state index contributed by atoms with van der Waals surface area (Å²) in [7, 11) is 1.63. The van der Waals surface area contributed by atoms with Crippen LogP contribution < -0.4 is 36.1 Å². The Morgan fingerprint density at radius 2 is 0.733 bits per heavy atom. The number of piperidine rings is 3. The molecule has 3 saturated heterocycles. The number of carbonyl (C=O) groups is 3. The number of benzene rings is 6. The summed E-state index contributed by atoms with van der Waals surface area (Å²) < 4.78 is 40.7. The standard InChI is InChI=1S/C25H26N2O4.C25H26N2O3.C24H24N2O3/c1-29-19-5-3-18(4-6-19)21-8-9-23(31-21)24(28)27-12-10-25(11-13-27)16-30-22-7-2-17(15-26)14-20(22)25;1-17-2-5-19(6-3-17)21-8-9-23(30-21)24(28)27-12-10-25(11-13-27)16-29-22-7-4-18(15-26)14-20(22)25;25-15-17-6-7-21-19(14-17)24(16-28-21)10-12-26(13-11-24)23(27)22-9-8-20(29-22)18-4-2-1-3-5-18/h2-9,14H,10-13,15-16,26H2,1H3;2-9,14H,10-13,15-16,26H2,1H3;1-9,14H,10-13,15-16,25H2. The largest absolute Gasteiger partial charge is 0.497 e. The van der Waals surface area contributed by atoms with Gasteiger partial charge in [-0.05, 0) is 141 Å². The molecular weight excluding hydrogens is 1130 g/mol. The predicted octanol–water partition coefficient (Wildman–Crippen LogP) is 12.2. The van der Waals surface area contributed by atoms with Crippen LogP contribution in [0.25, 0.3) is 34.0 Å². The van der Waals surface area contributed by atoms with Gasteiger partial charge < -0.3 is 64.1 Å². The summed E-state index contributed by atoms with van der Waals surface area (Å²) in [6.07, 6.45) is 5.26. The summed E-state index contributed by atoms with van der Waals surface area (Å²) in [6.45, 7) is 9.74. The van der Waals surface area contributed by atoms with Gasteiger partial charge in [-0.25, -0.2) is 0 Å². The van der Waals surface area contributed by atoms with Gasteiger partial charge in [-0.3, -0.25) is 14.4 Å². The first-order valence-electron chi connectivity index (χ1n) is 31.2. The summed E-state index contributed by atoms with van der Waals surface area (Å²) in [5.74, 6) is 6.78. The zero-order valence-corrected chi connectivity index (χ0v) is 51.0. The van der Waals surface area contributed by atoms with Crippen LogP contribution in [0.1, 0.15) is 109 Å². The SMILES string of the molecule is COc1ccc(-c2ccc(C(=O)N3CCC4(CC3)COc3ccc(CN)cc34)o2)cc1.Cc1ccc(-c2ccc(C(=O)N3CCC4(CC3)COc3ccc(CN)cc34)o2)cc1.NCc1ccc2c(c1)C1(CCN(C(=O)c3ccc(-c4ccccc4)o3)CC1)CO2. The Kier molecular flexibility index (Phi) is 16.7. The molecule has 0 radical (unpaired) electrons. The number of methoxy groups -OCH3 is 1. The molecule has 3 aromatic heterocycles. The first-order valence-corrected chi connectivity index (χ1v) is 31.2. The highest BCUT2D eigenvalue weighted by Crippen LogP contribution is 2.49. The molecule has 6 aliphatic heterocycles. The summed E-state index contributed by atoms with van der Waals surface area (Å²) in [6, 6.07) is 55.1. The Bertz CT molecular complexity index is 4030. The second kappa shape index (κ2) is 25.3. The fraction of sp³-hybridized carbons (Fsp3) is 0.311. The lowest BCUT2D eigenvalue weighted by Gasteiger charge is -2.38. The monoisotopic (exact) mass is 1210 g/mol. The zero-order valence-electron chi connectivity index (χ0n) is 51.0. The van der Waals surface area contributed by atoms with E-state index in [1.807, 2.05) is 148 Å². The molecule has 9 aromatic rings. The van der Waals surface area contributed by atoms with Gasteiger partial charge in [-0.15, -0.1) is 0 Å². The van der Waals surface area contributed by atoms with Gasteiger partial charge >= 0.3 is 0 Å². The zero-order chi connectivity index (χ0) is 62.0. The lowest BCUT2D eigenvalue weighted by Crippen LogP contribution is -2.46. The Balaban J connectivity index is 0.000000124. The van der Waals surface area contributed by atoms with Crippen LogP contribution in [0.5, 0.6) is 23.0 Å². The van der Waals surface area contributed by atoms with Crippen molar-refractivity contribution in [3.63, 3.8) is 0 Å². The van der Waals surface area contributed by atoms with E-state index >= 15 is 0 Å². The van der Waals surface area contributed by atoms with Crippen LogP contribution >= 0.6 is 0 Å². The molecule has 6 aliphatic rings. The molecule has 6 aromatic carbocycles. The summed E-state index contributed by atoms with van der Waals surface area (Å²) in [4.78, 5) is 44.7. The van der Waals surface area contributed by atoms with Crippen LogP contribution in [0.2, 0.25) is 0 Å². The third-order valence-corrected chi connectivity index (χ3v) is 19.3. The maximum atomic E-state index is 13.1. The lowest BCUT2D eigenvalue weighted by atomic mass is 9.74. The van der Waals surface area contributed by atoms with Gasteiger partial charge in [0.25, 0.3) is 17.7 Å². The minimum Gasteiger partial charge on any atom is -0.497 e. The summed E-state index contributed by atoms with van der Waals surface area (Å²) in [5.41, 5.74) is 28.6. The van der Waals surface area contributed by atoms with Gasteiger partial charge in [0.05, 0.1) is 26.9 Å². The van der Waals surface area contributed by atoms with E-state index < -0.39 is 0 Å². The molecule has 3 fully saturated rings. The minimum absolute atomic E-state index is 0.0182. The molecular formula is C74H76N6O10. The first-order chi connectivity index (χ1) is 43.9. The molecule has 90 heavy (non-hydrogen) atoms. The molecule has 9 heterocycles. The number of rotatable bonds is 10. The molecule has 0 saturated carbocycles. The van der Waals surface area contributed by atoms with E-state index in [2.05, 4.69) is 25.1 Å². The van der Waals surface area contributed by atoms with Crippen LogP contribution in [0.15, 0.2) is 183 Å². The molecule has 0 bridgehead atoms. The molecule has 3 amide bonds. The maximum absolute atomic E-state index is 13.1. The molecule has 0 unspecified atom stereocenters. The van der Waals surface area contributed by atoms with E-state index in [0.29, 0.717) is 102 Å². The number of carbonyl (C=O) groups excluding carboxylic acids is 3. The van der Waals surface area contributed by atoms with Gasteiger partial charge in [0.2, 0.25) is 0 Å². The molecule has 16 nitrogen and oxygen atoms in total. The van der Waals surface area contributed by atoms with E-state index in [-0.39, 0.29) is 34.0 Å². The first kappa shape index (κ1) is 59.6. The van der Waals surface area contributed by atoms with E-state index in [0.717, 1.165) is 106 Å². The highest BCUT2D eigenvalue weighted by molar-refractivity contribution is 5.93. The Hall–Kier alpha value is -9.35. The summed E-state index contributed by atoms with van der Waals surface area (Å²) in [5, 5.41) is 0. The average Bonchev–Trinajstić information content (AvgIpc) is 1.66. The summed E-state index contributed by atoms with van der Waals surface area (Å²) >= 11 is 0. The van der Waals surface area contributed by atoms with Crippen LogP contribution in [0.4, 0.5) is 0 Å². The number of likely N-dealkylation sites (tertiary alicyclic amines) is 3. The van der Waals surface area contributed by atoms with Crippen molar-refractivity contribution in [2.24, 2.45) is 17.2 Å². The number of nitrogens with zero attached hydrogens (tertiary/aromatic N) is 3. The minimum atomic E-state index is -0.0653. The van der Waals surface area contributed by atoms with Crippen molar-refractivity contribution in [2.75, 3.05) is 66.2 Å². The van der Waals surface area contributed by atoms with Gasteiger partial charge in [0.15, 0.2) is 17.3 Å². The van der Waals surface area contributed by atoms with Gasteiger partial charge in [-0.1, -0.05) is 96.6 Å². The van der Waals surface area contributed by atoms with E-state index in [9.17, 15) is 14.4 Å². The van der Waals surface area contributed by atoms with Crippen molar-refractivity contribution in [3.8, 4) is 57.0 Å². The van der Waals surface area contributed by atoms with Gasteiger partial charge in [0, 0.05) is 109 Å². The Morgan fingerprint density at radius 3 is 1.06 bits per heavy atom. The van der Waals surface area contributed by atoms with Crippen LogP contribution in [0, 0.1) is 6.92 Å². The number of ether oxygens (including phenoxy) is 4. The van der Waals surface area contributed by atoms with E-state index in [1.165, 1.54) is 22.3 Å². The second-order valence-electron chi connectivity index (χ2n) is 24.6. The third kappa shape index (κ3) is 11.8. The van der Waals surface area contributed by atoms with Crippen molar-refractivity contribution < 1.29 is 46.6 Å². The van der Waals surface area contributed by atoms with E-state index in [4.69, 9.17) is 49.4 Å². The number of hydrogen-bond acceptors (Lipinski definition) is 13. The van der Waals surface area contributed by atoms with Gasteiger partial charge in [-0.2, -0.15) is 0 Å². The number of aryl methyl sites for hydroxylation is 1. The Labute approximate surface area is 524 Å². The molecule has 0 aliphatic carbocycles. The van der Waals surface area contributed by atoms with Gasteiger partial charge in [0.1, 0.15) is 40.3 Å². The van der Waals surface area contributed by atoms with Crippen LogP contribution in [0.3, 0.4) is 0 Å². The predicted molar refractivity (Wildman–Crippen MR) is 344 cm³/mol. The second-order valence-corrected chi connectivity index (χ2v) is 24.6. The number of nitrogens with two attached hydrogens (primary N) is 3. The van der Waals surface area contributed by atoms with Crippen molar-refractivity contribution in [1.29, 1.82) is 0 Å². The van der Waals surface area contributed by atoms with Crippen LogP contribution in [-0.2, 0) is 35.9 Å². The number of furan rings is 3. The number of amides is 3. The fourth-order valence-electron chi connectivity index (χ4n) is 13.6. The molecule has 16 heteroatoms. The van der Waals surface area contributed by atoms with Crippen molar-refractivity contribution in [2.45, 2.75) is 81.3 Å². The normalized spacial score (nSPS) is 17.0.